The number of aryl methyl sites for hydroxylation is 1. The van der Waals surface area contributed by atoms with E-state index in [0.717, 1.165) is 17.0 Å². The molecule has 1 aromatic carbocycles. The van der Waals surface area contributed by atoms with Crippen molar-refractivity contribution >= 4 is 5.91 Å². The van der Waals surface area contributed by atoms with Gasteiger partial charge >= 0.3 is 0 Å². The first-order chi connectivity index (χ1) is 11.7. The van der Waals surface area contributed by atoms with Gasteiger partial charge in [-0.15, -0.1) is 5.10 Å². The lowest BCUT2D eigenvalue weighted by Crippen LogP contribution is -2.35. The summed E-state index contributed by atoms with van der Waals surface area (Å²) in [6.07, 6.45) is 3.27. The molecule has 1 aliphatic rings. The second kappa shape index (κ2) is 7.92. The molecule has 0 saturated heterocycles. The number of rotatable bonds is 3. The maximum absolute atomic E-state index is 12.5. The largest absolute Gasteiger partial charge is 0.497 e. The highest BCUT2D eigenvalue weighted by atomic mass is 16.5. The molecule has 3 rings (SSSR count). The Morgan fingerprint density at radius 3 is 3.00 bits per heavy atom. The highest BCUT2D eigenvalue weighted by molar-refractivity contribution is 5.78. The first kappa shape index (κ1) is 16.4. The lowest BCUT2D eigenvalue weighted by Gasteiger charge is -2.17. The topological polar surface area (TPSA) is 78.3 Å². The van der Waals surface area contributed by atoms with Gasteiger partial charge in [-0.3, -0.25) is 9.48 Å². The van der Waals surface area contributed by atoms with Crippen molar-refractivity contribution in [3.8, 4) is 5.75 Å². The van der Waals surface area contributed by atoms with Crippen LogP contribution in [0.3, 0.4) is 0 Å². The summed E-state index contributed by atoms with van der Waals surface area (Å²) in [7, 11) is 1.64. The van der Waals surface area contributed by atoms with Crippen LogP contribution in [0.15, 0.2) is 30.5 Å². The number of carbonyl (C=O) groups excluding carboxylic acids is 1. The predicted octanol–water partition coefficient (Wildman–Crippen LogP) is 1.18. The number of hydrogen-bond acceptors (Lipinski definition) is 5. The first-order valence-corrected chi connectivity index (χ1v) is 8.12. The summed E-state index contributed by atoms with van der Waals surface area (Å²) < 4.78 is 12.4. The third kappa shape index (κ3) is 4.32. The SMILES string of the molecule is COc1ccc(C[C@H]2CCn3cc(nn3)COCCNC2=O)cc1. The van der Waals surface area contributed by atoms with E-state index in [1.807, 2.05) is 30.5 Å². The van der Waals surface area contributed by atoms with Crippen molar-refractivity contribution in [1.82, 2.24) is 20.3 Å². The minimum atomic E-state index is -0.120. The van der Waals surface area contributed by atoms with Crippen LogP contribution in [0.25, 0.3) is 0 Å². The van der Waals surface area contributed by atoms with E-state index in [1.165, 1.54) is 0 Å². The third-order valence-corrected chi connectivity index (χ3v) is 4.10. The lowest BCUT2D eigenvalue weighted by molar-refractivity contribution is -0.125. The van der Waals surface area contributed by atoms with Crippen LogP contribution < -0.4 is 10.1 Å². The van der Waals surface area contributed by atoms with E-state index < -0.39 is 0 Å². The molecule has 0 spiro atoms. The zero-order valence-electron chi connectivity index (χ0n) is 13.8. The summed E-state index contributed by atoms with van der Waals surface area (Å²) in [5, 5.41) is 11.1. The van der Waals surface area contributed by atoms with Crippen molar-refractivity contribution in [3.63, 3.8) is 0 Å². The molecule has 2 heterocycles. The van der Waals surface area contributed by atoms with Crippen LogP contribution in [0.2, 0.25) is 0 Å². The van der Waals surface area contributed by atoms with Gasteiger partial charge in [0, 0.05) is 19.0 Å². The minimum absolute atomic E-state index is 0.0512. The Morgan fingerprint density at radius 1 is 1.38 bits per heavy atom. The van der Waals surface area contributed by atoms with Gasteiger partial charge in [0.15, 0.2) is 0 Å². The molecule has 0 aliphatic carbocycles. The molecule has 0 radical (unpaired) electrons. The van der Waals surface area contributed by atoms with E-state index >= 15 is 0 Å². The highest BCUT2D eigenvalue weighted by Gasteiger charge is 2.20. The van der Waals surface area contributed by atoms with Crippen molar-refractivity contribution in [1.29, 1.82) is 0 Å². The van der Waals surface area contributed by atoms with Gasteiger partial charge in [0.25, 0.3) is 0 Å². The van der Waals surface area contributed by atoms with E-state index in [-0.39, 0.29) is 11.8 Å². The summed E-state index contributed by atoms with van der Waals surface area (Å²) in [6, 6.07) is 7.83. The van der Waals surface area contributed by atoms with Gasteiger partial charge in [0.1, 0.15) is 11.4 Å². The Balaban J connectivity index is 1.70. The third-order valence-electron chi connectivity index (χ3n) is 4.10. The number of aromatic nitrogens is 3. The van der Waals surface area contributed by atoms with Crippen LogP contribution in [0.5, 0.6) is 5.75 Å². The zero-order chi connectivity index (χ0) is 16.8. The standard InChI is InChI=1S/C17H22N4O3/c1-23-16-4-2-13(3-5-16)10-14-6-8-21-11-15(19-20-21)12-24-9-7-18-17(14)22/h2-5,11,14H,6-10,12H2,1H3,(H,18,22)/t14-/m1/s1. The smallest absolute Gasteiger partial charge is 0.223 e. The first-order valence-electron chi connectivity index (χ1n) is 8.12. The molecule has 0 saturated carbocycles. The number of carbonyl (C=O) groups is 1. The van der Waals surface area contributed by atoms with Crippen LogP contribution in [0, 0.1) is 5.92 Å². The lowest BCUT2D eigenvalue weighted by atomic mass is 9.95. The molecule has 1 aromatic heterocycles. The van der Waals surface area contributed by atoms with E-state index in [2.05, 4.69) is 15.6 Å². The Labute approximate surface area is 141 Å². The number of fused-ring (bicyclic) bond motifs is 2. The summed E-state index contributed by atoms with van der Waals surface area (Å²) in [5.41, 5.74) is 1.92. The minimum Gasteiger partial charge on any atom is -0.497 e. The Hall–Kier alpha value is -2.41. The van der Waals surface area contributed by atoms with E-state index in [4.69, 9.17) is 9.47 Å². The molecular weight excluding hydrogens is 308 g/mol. The Morgan fingerprint density at radius 2 is 2.21 bits per heavy atom. The zero-order valence-corrected chi connectivity index (χ0v) is 13.8. The molecular formula is C17H22N4O3. The van der Waals surface area contributed by atoms with Crippen LogP contribution in [0.1, 0.15) is 17.7 Å². The number of hydrogen-bond donors (Lipinski definition) is 1. The van der Waals surface area contributed by atoms with Gasteiger partial charge in [-0.25, -0.2) is 0 Å². The van der Waals surface area contributed by atoms with Gasteiger partial charge in [-0.2, -0.15) is 0 Å². The maximum Gasteiger partial charge on any atom is 0.223 e. The Kier molecular flexibility index (Phi) is 5.43. The number of benzene rings is 1. The van der Waals surface area contributed by atoms with Gasteiger partial charge in [-0.1, -0.05) is 17.3 Å². The van der Waals surface area contributed by atoms with Crippen LogP contribution in [0.4, 0.5) is 0 Å². The summed E-state index contributed by atoms with van der Waals surface area (Å²) in [4.78, 5) is 12.5. The normalized spacial score (nSPS) is 19.0. The average Bonchev–Trinajstić information content (AvgIpc) is 3.05. The van der Waals surface area contributed by atoms with Gasteiger partial charge in [-0.05, 0) is 30.5 Å². The van der Waals surface area contributed by atoms with Crippen LogP contribution >= 0.6 is 0 Å². The van der Waals surface area contributed by atoms with Gasteiger partial charge in [0.05, 0.1) is 26.5 Å². The summed E-state index contributed by atoms with van der Waals surface area (Å²) in [6.45, 7) is 2.05. The van der Waals surface area contributed by atoms with Crippen molar-refractivity contribution in [3.05, 3.63) is 41.7 Å². The molecule has 0 fully saturated rings. The average molecular weight is 330 g/mol. The van der Waals surface area contributed by atoms with Gasteiger partial charge in [0.2, 0.25) is 5.91 Å². The molecule has 7 heteroatoms. The van der Waals surface area contributed by atoms with E-state index in [0.29, 0.717) is 39.1 Å². The van der Waals surface area contributed by atoms with Gasteiger partial charge < -0.3 is 14.8 Å². The highest BCUT2D eigenvalue weighted by Crippen LogP contribution is 2.18. The monoisotopic (exact) mass is 330 g/mol. The molecule has 24 heavy (non-hydrogen) atoms. The molecule has 1 aliphatic heterocycles. The van der Waals surface area contributed by atoms with E-state index in [1.54, 1.807) is 11.8 Å². The second-order valence-electron chi connectivity index (χ2n) is 5.85. The number of nitrogens with one attached hydrogen (secondary N) is 1. The fourth-order valence-corrected chi connectivity index (χ4v) is 2.74. The quantitative estimate of drug-likeness (QED) is 0.914. The molecule has 2 bridgehead atoms. The molecule has 1 N–H and O–H groups in total. The molecule has 128 valence electrons. The van der Waals surface area contributed by atoms with Crippen LogP contribution in [-0.2, 0) is 29.1 Å². The number of nitrogens with zero attached hydrogens (tertiary/aromatic N) is 3. The van der Waals surface area contributed by atoms with E-state index in [9.17, 15) is 4.79 Å². The number of amides is 1. The molecule has 0 unspecified atom stereocenters. The molecule has 1 atom stereocenters. The summed E-state index contributed by atoms with van der Waals surface area (Å²) in [5.74, 6) is 0.745. The second-order valence-corrected chi connectivity index (χ2v) is 5.85. The summed E-state index contributed by atoms with van der Waals surface area (Å²) >= 11 is 0. The van der Waals surface area contributed by atoms with Crippen molar-refractivity contribution in [2.75, 3.05) is 20.3 Å². The number of ether oxygens (including phenoxy) is 2. The predicted molar refractivity (Wildman–Crippen MR) is 87.5 cm³/mol. The molecule has 7 nitrogen and oxygen atoms in total. The van der Waals surface area contributed by atoms with Crippen molar-refractivity contribution < 1.29 is 14.3 Å². The number of methoxy groups -OCH3 is 1. The molecule has 1 amide bonds. The van der Waals surface area contributed by atoms with Crippen molar-refractivity contribution in [2.45, 2.75) is 26.0 Å². The Bertz CT molecular complexity index is 669. The van der Waals surface area contributed by atoms with Crippen LogP contribution in [-0.4, -0.2) is 41.2 Å². The van der Waals surface area contributed by atoms with Crippen molar-refractivity contribution in [2.24, 2.45) is 5.92 Å². The fraction of sp³-hybridized carbons (Fsp3) is 0.471. The fourth-order valence-electron chi connectivity index (χ4n) is 2.74. The maximum atomic E-state index is 12.5. The molecule has 2 aromatic rings.